The molecule has 0 nitrogen and oxygen atoms in total. The van der Waals surface area contributed by atoms with Gasteiger partial charge in [-0.2, -0.15) is 0 Å². The molecule has 0 amide bonds. The van der Waals surface area contributed by atoms with Crippen LogP contribution in [-0.4, -0.2) is 5.37 Å². The lowest BCUT2D eigenvalue weighted by atomic mass is 10.1. The van der Waals surface area contributed by atoms with Crippen LogP contribution in [0.1, 0.15) is 19.8 Å². The van der Waals surface area contributed by atoms with Crippen LogP contribution in [0.2, 0.25) is 0 Å². The third-order valence-corrected chi connectivity index (χ3v) is 1.34. The van der Waals surface area contributed by atoms with E-state index < -0.39 is 0 Å². The molecule has 2 radical (unpaired) electrons. The van der Waals surface area contributed by atoms with Gasteiger partial charge >= 0.3 is 0 Å². The second-order valence-corrected chi connectivity index (χ2v) is 1.75. The van der Waals surface area contributed by atoms with Crippen LogP contribution in [0.3, 0.4) is 0 Å². The topological polar surface area (TPSA) is 0 Å². The Morgan fingerprint density at radius 2 is 2.43 bits per heavy atom. The second kappa shape index (κ2) is 4.25. The van der Waals surface area contributed by atoms with Crippen molar-refractivity contribution in [2.75, 3.05) is 0 Å². The van der Waals surface area contributed by atoms with E-state index in [-0.39, 0.29) is 0 Å². The van der Waals surface area contributed by atoms with Crippen molar-refractivity contribution in [1.29, 1.82) is 0 Å². The van der Waals surface area contributed by atoms with Gasteiger partial charge in [0.1, 0.15) is 0 Å². The molecule has 1 heteroatoms. The summed E-state index contributed by atoms with van der Waals surface area (Å²) in [6, 6.07) is 0. The van der Waals surface area contributed by atoms with Gasteiger partial charge in [-0.05, 0) is 18.8 Å². The zero-order valence-electron chi connectivity index (χ0n) is 4.61. The number of hydrogen-bond acceptors (Lipinski definition) is 1. The van der Waals surface area contributed by atoms with Crippen LogP contribution in [0.4, 0.5) is 0 Å². The Bertz CT molecular complexity index is 46.1. The summed E-state index contributed by atoms with van der Waals surface area (Å²) in [5.74, 6) is 0.440. The summed E-state index contributed by atoms with van der Waals surface area (Å²) in [7, 11) is 0. The molecule has 1 atom stereocenters. The molecule has 0 aromatic carbocycles. The Balaban J connectivity index is 3.16. The van der Waals surface area contributed by atoms with Gasteiger partial charge in [0.05, 0.1) is 0 Å². The minimum atomic E-state index is 0.440. The molecule has 7 heavy (non-hydrogen) atoms. The van der Waals surface area contributed by atoms with E-state index in [9.17, 15) is 0 Å². The van der Waals surface area contributed by atoms with Gasteiger partial charge in [-0.3, -0.25) is 0 Å². The first-order chi connectivity index (χ1) is 3.35. The van der Waals surface area contributed by atoms with Crippen molar-refractivity contribution in [3.05, 3.63) is 6.92 Å². The summed E-state index contributed by atoms with van der Waals surface area (Å²) in [5, 5.41) is 2.72. The first-order valence-electron chi connectivity index (χ1n) is 2.52. The quantitative estimate of drug-likeness (QED) is 0.506. The van der Waals surface area contributed by atoms with Crippen LogP contribution < -0.4 is 0 Å². The molecule has 0 aromatic heterocycles. The average molecular weight is 114 g/mol. The third kappa shape index (κ3) is 2.75. The fourth-order valence-corrected chi connectivity index (χ4v) is 0.631. The SMILES string of the molecule is [CH2]CC([C]=S)CC. The number of thiocarbonyl (C=S) groups is 1. The van der Waals surface area contributed by atoms with Gasteiger partial charge in [0.2, 0.25) is 0 Å². The summed E-state index contributed by atoms with van der Waals surface area (Å²) in [6.45, 7) is 5.79. The van der Waals surface area contributed by atoms with Crippen molar-refractivity contribution in [1.82, 2.24) is 0 Å². The van der Waals surface area contributed by atoms with Crippen molar-refractivity contribution in [2.45, 2.75) is 19.8 Å². The normalized spacial score (nSPS) is 9.57. The fraction of sp³-hybridized carbons (Fsp3) is 0.667. The first-order valence-corrected chi connectivity index (χ1v) is 2.92. The van der Waals surface area contributed by atoms with Gasteiger partial charge in [0.15, 0.2) is 0 Å². The minimum absolute atomic E-state index is 0.440. The van der Waals surface area contributed by atoms with Crippen LogP contribution in [0.25, 0.3) is 0 Å². The van der Waals surface area contributed by atoms with Gasteiger partial charge in [0.25, 0.3) is 0 Å². The van der Waals surface area contributed by atoms with Gasteiger partial charge in [0, 0.05) is 5.37 Å². The monoisotopic (exact) mass is 114 g/mol. The van der Waals surface area contributed by atoms with E-state index in [4.69, 9.17) is 0 Å². The molecule has 0 saturated carbocycles. The first kappa shape index (κ1) is 7.09. The second-order valence-electron chi connectivity index (χ2n) is 1.51. The van der Waals surface area contributed by atoms with Crippen molar-refractivity contribution < 1.29 is 0 Å². The molecule has 0 heterocycles. The van der Waals surface area contributed by atoms with Crippen molar-refractivity contribution >= 4 is 17.6 Å². The molecule has 0 aliphatic rings. The highest BCUT2D eigenvalue weighted by Gasteiger charge is 1.94. The molecule has 0 rings (SSSR count). The van der Waals surface area contributed by atoms with E-state index in [0.29, 0.717) is 5.92 Å². The fourth-order valence-electron chi connectivity index (χ4n) is 0.346. The predicted octanol–water partition coefficient (Wildman–Crippen LogP) is 2.11. The van der Waals surface area contributed by atoms with Gasteiger partial charge in [-0.1, -0.05) is 26.1 Å². The maximum atomic E-state index is 4.58. The summed E-state index contributed by atoms with van der Waals surface area (Å²) in [4.78, 5) is 0. The molecule has 0 aromatic rings. The Hall–Kier alpha value is 0.0900. The molecular weight excluding hydrogens is 104 g/mol. The largest absolute Gasteiger partial charge is 0.0834 e. The van der Waals surface area contributed by atoms with E-state index >= 15 is 0 Å². The molecule has 40 valence electrons. The van der Waals surface area contributed by atoms with E-state index in [1.165, 1.54) is 0 Å². The number of rotatable bonds is 3. The van der Waals surface area contributed by atoms with Crippen LogP contribution in [-0.2, 0) is 0 Å². The van der Waals surface area contributed by atoms with Crippen LogP contribution in [0, 0.1) is 12.8 Å². The lowest BCUT2D eigenvalue weighted by molar-refractivity contribution is 0.695. The highest BCUT2D eigenvalue weighted by molar-refractivity contribution is 7.79. The van der Waals surface area contributed by atoms with Crippen molar-refractivity contribution in [3.8, 4) is 0 Å². The van der Waals surface area contributed by atoms with E-state index in [1.807, 2.05) is 0 Å². The Kier molecular flexibility index (Phi) is 4.31. The average Bonchev–Trinajstić information content (AvgIpc) is 1.72. The lowest BCUT2D eigenvalue weighted by Crippen LogP contribution is -1.94. The summed E-state index contributed by atoms with van der Waals surface area (Å²) in [5.41, 5.74) is 0. The predicted molar refractivity (Wildman–Crippen MR) is 36.4 cm³/mol. The zero-order valence-corrected chi connectivity index (χ0v) is 5.42. The zero-order chi connectivity index (χ0) is 5.70. The van der Waals surface area contributed by atoms with E-state index in [2.05, 4.69) is 31.4 Å². The van der Waals surface area contributed by atoms with E-state index in [1.54, 1.807) is 0 Å². The standard InChI is InChI=1S/C6H10S/c1-3-6(4-2)5-7/h6H,1,3-4H2,2H3. The van der Waals surface area contributed by atoms with Crippen molar-refractivity contribution in [2.24, 2.45) is 5.92 Å². The molecule has 0 aliphatic heterocycles. The van der Waals surface area contributed by atoms with E-state index in [0.717, 1.165) is 12.8 Å². The Labute approximate surface area is 50.9 Å². The molecule has 1 unspecified atom stereocenters. The Morgan fingerprint density at radius 3 is 2.43 bits per heavy atom. The molecule has 0 aliphatic carbocycles. The van der Waals surface area contributed by atoms with Gasteiger partial charge in [-0.15, -0.1) is 0 Å². The summed E-state index contributed by atoms with van der Waals surface area (Å²) >= 11 is 4.58. The highest BCUT2D eigenvalue weighted by atomic mass is 32.1. The maximum Gasteiger partial charge on any atom is 0.0325 e. The van der Waals surface area contributed by atoms with Crippen LogP contribution >= 0.6 is 12.2 Å². The molecule has 0 bridgehead atoms. The molecule has 0 spiro atoms. The highest BCUT2D eigenvalue weighted by Crippen LogP contribution is 2.01. The van der Waals surface area contributed by atoms with Gasteiger partial charge in [-0.25, -0.2) is 0 Å². The Morgan fingerprint density at radius 1 is 1.86 bits per heavy atom. The molecule has 0 saturated heterocycles. The molecule has 0 fully saturated rings. The van der Waals surface area contributed by atoms with Crippen LogP contribution in [0.5, 0.6) is 0 Å². The maximum absolute atomic E-state index is 4.58. The number of hydrogen-bond donors (Lipinski definition) is 0. The van der Waals surface area contributed by atoms with Crippen LogP contribution in [0.15, 0.2) is 0 Å². The van der Waals surface area contributed by atoms with Crippen molar-refractivity contribution in [3.63, 3.8) is 0 Å². The summed E-state index contributed by atoms with van der Waals surface area (Å²) < 4.78 is 0. The lowest BCUT2D eigenvalue weighted by Gasteiger charge is -1.98. The third-order valence-electron chi connectivity index (χ3n) is 1.01. The smallest absolute Gasteiger partial charge is 0.0325 e. The molecular formula is C6H10S. The van der Waals surface area contributed by atoms with Gasteiger partial charge < -0.3 is 0 Å². The minimum Gasteiger partial charge on any atom is -0.0834 e. The molecule has 0 N–H and O–H groups in total. The summed E-state index contributed by atoms with van der Waals surface area (Å²) in [6.07, 6.45) is 1.97.